The van der Waals surface area contributed by atoms with E-state index < -0.39 is 6.09 Å². The molecule has 0 spiro atoms. The molecule has 1 fully saturated rings. The summed E-state index contributed by atoms with van der Waals surface area (Å²) in [7, 11) is 1.33. The fraction of sp³-hybridized carbons (Fsp3) is 0.429. The predicted molar refractivity (Wildman–Crippen MR) is 81.8 cm³/mol. The number of hydrogen-bond donors (Lipinski definition) is 1. The molecule has 1 aliphatic heterocycles. The van der Waals surface area contributed by atoms with E-state index in [1.165, 1.54) is 7.11 Å². The van der Waals surface area contributed by atoms with Crippen LogP contribution in [0.3, 0.4) is 0 Å². The second-order valence-corrected chi connectivity index (χ2v) is 5.78. The molecule has 7 heteroatoms. The van der Waals surface area contributed by atoms with Crippen LogP contribution in [0, 0.1) is 5.92 Å². The van der Waals surface area contributed by atoms with Crippen molar-refractivity contribution in [2.75, 3.05) is 25.5 Å². The highest BCUT2D eigenvalue weighted by Gasteiger charge is 2.28. The first-order chi connectivity index (χ1) is 9.99. The van der Waals surface area contributed by atoms with E-state index in [9.17, 15) is 9.59 Å². The van der Waals surface area contributed by atoms with Crippen molar-refractivity contribution in [3.8, 4) is 0 Å². The number of benzene rings is 1. The lowest BCUT2D eigenvalue weighted by Crippen LogP contribution is -2.43. The maximum Gasteiger partial charge on any atom is 0.409 e. The Balaban J connectivity index is 2.01. The normalized spacial score (nSPS) is 18.2. The van der Waals surface area contributed by atoms with Gasteiger partial charge in [-0.2, -0.15) is 0 Å². The summed E-state index contributed by atoms with van der Waals surface area (Å²) in [5, 5.41) is 3.70. The van der Waals surface area contributed by atoms with Crippen LogP contribution in [-0.4, -0.2) is 37.1 Å². The van der Waals surface area contributed by atoms with Crippen molar-refractivity contribution >= 4 is 40.9 Å². The Morgan fingerprint density at radius 2 is 1.95 bits per heavy atom. The smallest absolute Gasteiger partial charge is 0.409 e. The number of carbonyl (C=O) groups excluding carboxylic acids is 2. The summed E-state index contributed by atoms with van der Waals surface area (Å²) in [5.41, 5.74) is 0.549. The van der Waals surface area contributed by atoms with E-state index in [1.807, 2.05) is 0 Å². The number of likely N-dealkylation sites (tertiary alicyclic amines) is 1. The first-order valence-corrected chi connectivity index (χ1v) is 7.35. The van der Waals surface area contributed by atoms with E-state index in [1.54, 1.807) is 23.1 Å². The molecule has 0 aliphatic carbocycles. The molecule has 5 nitrogen and oxygen atoms in total. The third-order valence-electron chi connectivity index (χ3n) is 3.36. The first-order valence-electron chi connectivity index (χ1n) is 6.59. The van der Waals surface area contributed by atoms with E-state index in [2.05, 4.69) is 10.1 Å². The summed E-state index contributed by atoms with van der Waals surface area (Å²) in [6, 6.07) is 4.86. The molecule has 114 valence electrons. The monoisotopic (exact) mass is 330 g/mol. The highest BCUT2D eigenvalue weighted by molar-refractivity contribution is 6.35. The van der Waals surface area contributed by atoms with Crippen LogP contribution in [0.1, 0.15) is 12.8 Å². The molecule has 2 rings (SSSR count). The van der Waals surface area contributed by atoms with Crippen LogP contribution in [-0.2, 0) is 9.53 Å². The van der Waals surface area contributed by atoms with Gasteiger partial charge >= 0.3 is 6.09 Å². The van der Waals surface area contributed by atoms with Crippen LogP contribution in [0.2, 0.25) is 10.0 Å². The largest absolute Gasteiger partial charge is 0.453 e. The topological polar surface area (TPSA) is 58.6 Å². The third-order valence-corrected chi connectivity index (χ3v) is 3.79. The molecule has 1 saturated heterocycles. The Labute approximate surface area is 133 Å². The number of piperidine rings is 1. The zero-order valence-corrected chi connectivity index (χ0v) is 13.1. The van der Waals surface area contributed by atoms with Crippen molar-refractivity contribution < 1.29 is 14.3 Å². The molecule has 1 N–H and O–H groups in total. The Hall–Kier alpha value is -1.46. The minimum absolute atomic E-state index is 0.151. The fourth-order valence-corrected chi connectivity index (χ4v) is 2.88. The molecule has 0 aromatic heterocycles. The SMILES string of the molecule is COC(=O)N1CCCC(C(=O)Nc2cc(Cl)cc(Cl)c2)C1. The van der Waals surface area contributed by atoms with Crippen LogP contribution in [0.25, 0.3) is 0 Å². The molecule has 0 saturated carbocycles. The van der Waals surface area contributed by atoms with Crippen LogP contribution >= 0.6 is 23.2 Å². The Morgan fingerprint density at radius 1 is 1.29 bits per heavy atom. The van der Waals surface area contributed by atoms with Gasteiger partial charge in [-0.25, -0.2) is 4.79 Å². The van der Waals surface area contributed by atoms with Crippen LogP contribution in [0.5, 0.6) is 0 Å². The minimum Gasteiger partial charge on any atom is -0.453 e. The molecule has 1 unspecified atom stereocenters. The van der Waals surface area contributed by atoms with Gasteiger partial charge in [0.15, 0.2) is 0 Å². The summed E-state index contributed by atoms with van der Waals surface area (Å²) < 4.78 is 4.69. The molecule has 0 radical (unpaired) electrons. The highest BCUT2D eigenvalue weighted by Crippen LogP contribution is 2.24. The van der Waals surface area contributed by atoms with Gasteiger partial charge in [0.2, 0.25) is 5.91 Å². The molecule has 1 aromatic carbocycles. The lowest BCUT2D eigenvalue weighted by Gasteiger charge is -2.30. The number of ether oxygens (including phenoxy) is 1. The van der Waals surface area contributed by atoms with Gasteiger partial charge in [0.1, 0.15) is 0 Å². The molecule has 1 aromatic rings. The average Bonchev–Trinajstić information content (AvgIpc) is 2.45. The Morgan fingerprint density at radius 3 is 2.57 bits per heavy atom. The number of nitrogens with zero attached hydrogens (tertiary/aromatic N) is 1. The van der Waals surface area contributed by atoms with E-state index in [4.69, 9.17) is 23.2 Å². The van der Waals surface area contributed by atoms with Gasteiger partial charge in [-0.15, -0.1) is 0 Å². The lowest BCUT2D eigenvalue weighted by atomic mass is 9.97. The molecule has 1 atom stereocenters. The fourth-order valence-electron chi connectivity index (χ4n) is 2.36. The summed E-state index contributed by atoms with van der Waals surface area (Å²) >= 11 is 11.8. The van der Waals surface area contributed by atoms with Gasteiger partial charge < -0.3 is 15.0 Å². The predicted octanol–water partition coefficient (Wildman–Crippen LogP) is 3.41. The molecule has 2 amide bonds. The molecular weight excluding hydrogens is 315 g/mol. The van der Waals surface area contributed by atoms with Gasteiger partial charge in [0.25, 0.3) is 0 Å². The minimum atomic E-state index is -0.404. The van der Waals surface area contributed by atoms with Gasteiger partial charge in [0.05, 0.1) is 13.0 Å². The molecule has 1 aliphatic rings. The van der Waals surface area contributed by atoms with Gasteiger partial charge in [-0.3, -0.25) is 4.79 Å². The number of amides is 2. The van der Waals surface area contributed by atoms with Crippen molar-refractivity contribution in [2.45, 2.75) is 12.8 Å². The Kier molecular flexibility index (Phi) is 5.31. The van der Waals surface area contributed by atoms with Crippen molar-refractivity contribution in [1.82, 2.24) is 4.90 Å². The third kappa shape index (κ3) is 4.25. The van der Waals surface area contributed by atoms with E-state index >= 15 is 0 Å². The average molecular weight is 331 g/mol. The zero-order chi connectivity index (χ0) is 15.4. The van der Waals surface area contributed by atoms with Crippen LogP contribution < -0.4 is 5.32 Å². The van der Waals surface area contributed by atoms with Crippen molar-refractivity contribution in [3.05, 3.63) is 28.2 Å². The van der Waals surface area contributed by atoms with E-state index in [0.717, 1.165) is 12.8 Å². The van der Waals surface area contributed by atoms with Crippen molar-refractivity contribution in [1.29, 1.82) is 0 Å². The van der Waals surface area contributed by atoms with Crippen LogP contribution in [0.15, 0.2) is 18.2 Å². The summed E-state index contributed by atoms with van der Waals surface area (Å²) in [4.78, 5) is 25.3. The van der Waals surface area contributed by atoms with Crippen molar-refractivity contribution in [2.24, 2.45) is 5.92 Å². The zero-order valence-electron chi connectivity index (χ0n) is 11.6. The van der Waals surface area contributed by atoms with Gasteiger partial charge in [-0.05, 0) is 31.0 Å². The number of anilines is 1. The molecule has 1 heterocycles. The second-order valence-electron chi connectivity index (χ2n) is 4.90. The lowest BCUT2D eigenvalue weighted by molar-refractivity contribution is -0.121. The summed E-state index contributed by atoms with van der Waals surface area (Å²) in [6.07, 6.45) is 1.09. The maximum atomic E-state index is 12.3. The summed E-state index contributed by atoms with van der Waals surface area (Å²) in [6.45, 7) is 0.965. The molecule has 0 bridgehead atoms. The molecular formula is C14H16Cl2N2O3. The van der Waals surface area contributed by atoms with Gasteiger partial charge in [0, 0.05) is 28.8 Å². The van der Waals surface area contributed by atoms with E-state index in [-0.39, 0.29) is 11.8 Å². The number of halogens is 2. The maximum absolute atomic E-state index is 12.3. The number of hydrogen-bond acceptors (Lipinski definition) is 3. The molecule has 21 heavy (non-hydrogen) atoms. The first kappa shape index (κ1) is 15.9. The van der Waals surface area contributed by atoms with Crippen LogP contribution in [0.4, 0.5) is 10.5 Å². The number of rotatable bonds is 2. The quantitative estimate of drug-likeness (QED) is 0.903. The standard InChI is InChI=1S/C14H16Cl2N2O3/c1-21-14(20)18-4-2-3-9(8-18)13(19)17-12-6-10(15)5-11(16)7-12/h5-7,9H,2-4,8H2,1H3,(H,17,19). The van der Waals surface area contributed by atoms with Gasteiger partial charge in [-0.1, -0.05) is 23.2 Å². The number of nitrogens with one attached hydrogen (secondary N) is 1. The second kappa shape index (κ2) is 7.00. The van der Waals surface area contributed by atoms with Crippen molar-refractivity contribution in [3.63, 3.8) is 0 Å². The van der Waals surface area contributed by atoms with E-state index in [0.29, 0.717) is 28.8 Å². The number of carbonyl (C=O) groups is 2. The Bertz CT molecular complexity index is 531. The summed E-state index contributed by atoms with van der Waals surface area (Å²) in [5.74, 6) is -0.419. The number of methoxy groups -OCH3 is 1. The highest BCUT2D eigenvalue weighted by atomic mass is 35.5.